The van der Waals surface area contributed by atoms with E-state index in [0.29, 0.717) is 0 Å². The zero-order valence-corrected chi connectivity index (χ0v) is 10.5. The van der Waals surface area contributed by atoms with Crippen LogP contribution in [-0.4, -0.2) is 26.0 Å². The maximum Gasteiger partial charge on any atom is 0.381 e. The summed E-state index contributed by atoms with van der Waals surface area (Å²) in [5.41, 5.74) is 0. The Hall–Kier alpha value is -0.793. The van der Waals surface area contributed by atoms with Crippen molar-refractivity contribution < 1.29 is 14.3 Å². The highest BCUT2D eigenvalue weighted by molar-refractivity contribution is 6.74. The zero-order chi connectivity index (χ0) is 11.4. The lowest BCUT2D eigenvalue weighted by atomic mass is 10.2. The molecule has 4 heteroatoms. The molecule has 0 aromatic heterocycles. The van der Waals surface area contributed by atoms with Crippen LogP contribution in [0.25, 0.3) is 0 Å². The van der Waals surface area contributed by atoms with Gasteiger partial charge >= 0.3 is 5.97 Å². The molecule has 14 heavy (non-hydrogen) atoms. The summed E-state index contributed by atoms with van der Waals surface area (Å²) < 4.78 is 5.65. The molecule has 3 nitrogen and oxygen atoms in total. The lowest BCUT2D eigenvalue weighted by molar-refractivity contribution is -0.130. The van der Waals surface area contributed by atoms with Crippen LogP contribution in [0.2, 0.25) is 18.1 Å². The molecular weight excluding hydrogens is 196 g/mol. The summed E-state index contributed by atoms with van der Waals surface area (Å²) in [6.45, 7) is 10.8. The van der Waals surface area contributed by atoms with Crippen LogP contribution in [0.5, 0.6) is 0 Å². The minimum Gasteiger partial charge on any atom is -0.472 e. The fourth-order valence-electron chi connectivity index (χ4n) is 0.545. The normalized spacial score (nSPS) is 11.8. The maximum atomic E-state index is 10.1. The van der Waals surface area contributed by atoms with Crippen molar-refractivity contribution in [1.29, 1.82) is 0 Å². The second kappa shape index (κ2) is 4.62. The summed E-state index contributed by atoms with van der Waals surface area (Å²) in [5.74, 6) is 3.40. The van der Waals surface area contributed by atoms with Gasteiger partial charge in [-0.1, -0.05) is 26.7 Å². The Balaban J connectivity index is 4.16. The van der Waals surface area contributed by atoms with Gasteiger partial charge in [-0.05, 0) is 18.1 Å². The highest BCUT2D eigenvalue weighted by Crippen LogP contribution is 2.36. The number of carboxylic acid groups (broad SMARTS) is 1. The largest absolute Gasteiger partial charge is 0.472 e. The van der Waals surface area contributed by atoms with Crippen molar-refractivity contribution in [2.75, 3.05) is 6.61 Å². The molecule has 0 radical (unpaired) electrons. The summed E-state index contributed by atoms with van der Waals surface area (Å²) in [5, 5.41) is 8.42. The van der Waals surface area contributed by atoms with Crippen LogP contribution in [0.1, 0.15) is 20.8 Å². The smallest absolute Gasteiger partial charge is 0.381 e. The molecule has 0 bridgehead atoms. The molecule has 80 valence electrons. The Bertz CT molecular complexity index is 265. The molecule has 0 heterocycles. The maximum absolute atomic E-state index is 10.1. The topological polar surface area (TPSA) is 46.5 Å². The van der Waals surface area contributed by atoms with Crippen LogP contribution < -0.4 is 0 Å². The first-order valence-corrected chi connectivity index (χ1v) is 7.43. The monoisotopic (exact) mass is 214 g/mol. The number of aliphatic carboxylic acids is 1. The lowest BCUT2D eigenvalue weighted by Crippen LogP contribution is -2.40. The molecular formula is C10H18O3Si. The van der Waals surface area contributed by atoms with E-state index >= 15 is 0 Å². The van der Waals surface area contributed by atoms with Crippen LogP contribution in [-0.2, 0) is 9.22 Å². The lowest BCUT2D eigenvalue weighted by Gasteiger charge is -2.35. The number of carbonyl (C=O) groups is 1. The molecule has 0 aliphatic rings. The van der Waals surface area contributed by atoms with Gasteiger partial charge in [-0.3, -0.25) is 0 Å². The van der Waals surface area contributed by atoms with Crippen LogP contribution in [0.3, 0.4) is 0 Å². The van der Waals surface area contributed by atoms with Gasteiger partial charge in [0.15, 0.2) is 8.32 Å². The third-order valence-electron chi connectivity index (χ3n) is 2.51. The molecule has 0 spiro atoms. The number of hydrogen-bond acceptors (Lipinski definition) is 2. The molecule has 0 saturated carbocycles. The van der Waals surface area contributed by atoms with Crippen LogP contribution in [0.4, 0.5) is 0 Å². The second-order valence-corrected chi connectivity index (χ2v) is 9.47. The Morgan fingerprint density at radius 3 is 2.29 bits per heavy atom. The fraction of sp³-hybridized carbons (Fsp3) is 0.700. The van der Waals surface area contributed by atoms with E-state index in [1.54, 1.807) is 0 Å². The van der Waals surface area contributed by atoms with Gasteiger partial charge in [0.2, 0.25) is 0 Å². The van der Waals surface area contributed by atoms with E-state index in [0.717, 1.165) is 0 Å². The number of hydrogen-bond donors (Lipinski definition) is 1. The molecule has 0 aromatic rings. The van der Waals surface area contributed by atoms with E-state index in [-0.39, 0.29) is 11.6 Å². The molecule has 0 atom stereocenters. The summed E-state index contributed by atoms with van der Waals surface area (Å²) in [4.78, 5) is 10.1. The van der Waals surface area contributed by atoms with Crippen LogP contribution >= 0.6 is 0 Å². The summed E-state index contributed by atoms with van der Waals surface area (Å²) in [6.07, 6.45) is 0. The Kier molecular flexibility index (Phi) is 4.36. The van der Waals surface area contributed by atoms with Gasteiger partial charge in [-0.15, -0.1) is 0 Å². The highest BCUT2D eigenvalue weighted by Gasteiger charge is 2.36. The van der Waals surface area contributed by atoms with Crippen molar-refractivity contribution in [3.63, 3.8) is 0 Å². The molecule has 0 rings (SSSR count). The summed E-state index contributed by atoms with van der Waals surface area (Å²) in [6, 6.07) is 0. The average molecular weight is 214 g/mol. The van der Waals surface area contributed by atoms with E-state index in [4.69, 9.17) is 9.53 Å². The van der Waals surface area contributed by atoms with Crippen molar-refractivity contribution in [1.82, 2.24) is 0 Å². The standard InChI is InChI=1S/C10H18O3Si/c1-10(2,3)14(4,5)13-8-6-7-9(11)12/h8H2,1-5H3,(H,11,12). The average Bonchev–Trinajstić information content (AvgIpc) is 1.95. The van der Waals surface area contributed by atoms with Crippen LogP contribution in [0.15, 0.2) is 0 Å². The fourth-order valence-corrected chi connectivity index (χ4v) is 1.41. The third-order valence-corrected chi connectivity index (χ3v) is 6.99. The van der Waals surface area contributed by atoms with Crippen molar-refractivity contribution in [2.24, 2.45) is 0 Å². The van der Waals surface area contributed by atoms with Gasteiger partial charge in [0.25, 0.3) is 0 Å². The molecule has 0 aliphatic carbocycles. The first-order valence-electron chi connectivity index (χ1n) is 4.52. The predicted molar refractivity (Wildman–Crippen MR) is 58.6 cm³/mol. The van der Waals surface area contributed by atoms with Crippen molar-refractivity contribution >= 4 is 14.3 Å². The Morgan fingerprint density at radius 2 is 1.93 bits per heavy atom. The minimum atomic E-state index is -1.77. The van der Waals surface area contributed by atoms with Gasteiger partial charge in [0.05, 0.1) is 6.61 Å². The van der Waals surface area contributed by atoms with Crippen LogP contribution in [0, 0.1) is 11.8 Å². The minimum absolute atomic E-state index is 0.137. The van der Waals surface area contributed by atoms with E-state index in [9.17, 15) is 4.79 Å². The first kappa shape index (κ1) is 13.2. The van der Waals surface area contributed by atoms with Crippen molar-refractivity contribution in [3.8, 4) is 11.8 Å². The van der Waals surface area contributed by atoms with Gasteiger partial charge in [0, 0.05) is 5.92 Å². The SMILES string of the molecule is CC(C)(C)[Si](C)(C)OCC#CC(=O)O. The van der Waals surface area contributed by atoms with Crippen molar-refractivity contribution in [2.45, 2.75) is 38.9 Å². The molecule has 0 aromatic carbocycles. The first-order chi connectivity index (χ1) is 6.17. The number of carboxylic acids is 1. The summed E-state index contributed by atoms with van der Waals surface area (Å²) in [7, 11) is -1.77. The molecule has 0 fully saturated rings. The summed E-state index contributed by atoms with van der Waals surface area (Å²) >= 11 is 0. The zero-order valence-electron chi connectivity index (χ0n) is 9.47. The van der Waals surface area contributed by atoms with E-state index < -0.39 is 14.3 Å². The van der Waals surface area contributed by atoms with Gasteiger partial charge in [0.1, 0.15) is 0 Å². The van der Waals surface area contributed by atoms with Gasteiger partial charge in [-0.2, -0.15) is 0 Å². The van der Waals surface area contributed by atoms with E-state index in [2.05, 4.69) is 39.8 Å². The third kappa shape index (κ3) is 4.45. The molecule has 0 amide bonds. The van der Waals surface area contributed by atoms with E-state index in [1.807, 2.05) is 5.92 Å². The highest BCUT2D eigenvalue weighted by atomic mass is 28.4. The Labute approximate surface area is 86.6 Å². The second-order valence-electron chi connectivity index (χ2n) is 4.66. The molecule has 1 N–H and O–H groups in total. The molecule has 0 unspecified atom stereocenters. The van der Waals surface area contributed by atoms with E-state index in [1.165, 1.54) is 0 Å². The predicted octanol–water partition coefficient (Wildman–Crippen LogP) is 2.10. The van der Waals surface area contributed by atoms with Gasteiger partial charge in [-0.25, -0.2) is 4.79 Å². The quantitative estimate of drug-likeness (QED) is 0.565. The Morgan fingerprint density at radius 1 is 1.43 bits per heavy atom. The molecule has 0 saturated heterocycles. The van der Waals surface area contributed by atoms with Gasteiger partial charge < -0.3 is 9.53 Å². The number of rotatable bonds is 2. The van der Waals surface area contributed by atoms with Crippen molar-refractivity contribution in [3.05, 3.63) is 0 Å². The molecule has 0 aliphatic heterocycles.